The molecular weight excluding hydrogens is 230 g/mol. The molecule has 0 fully saturated rings. The molecule has 17 heavy (non-hydrogen) atoms. The summed E-state index contributed by atoms with van der Waals surface area (Å²) in [6, 6.07) is 18.6. The van der Waals surface area contributed by atoms with Crippen molar-refractivity contribution < 1.29 is 0 Å². The molecule has 0 aliphatic heterocycles. The zero-order chi connectivity index (χ0) is 11.8. The highest BCUT2D eigenvalue weighted by atomic mass is 35.5. The molecule has 0 aliphatic rings. The van der Waals surface area contributed by atoms with E-state index in [1.54, 1.807) is 4.09 Å². The lowest BCUT2D eigenvalue weighted by Gasteiger charge is -2.02. The molecule has 84 valence electrons. The van der Waals surface area contributed by atoms with Crippen molar-refractivity contribution in [2.24, 2.45) is 0 Å². The summed E-state index contributed by atoms with van der Waals surface area (Å²) >= 11 is 6.35. The molecule has 0 unspecified atom stereocenters. The molecule has 0 aliphatic carbocycles. The van der Waals surface area contributed by atoms with Gasteiger partial charge in [-0.15, -0.1) is 0 Å². The van der Waals surface area contributed by atoms with Crippen molar-refractivity contribution in [2.75, 3.05) is 0 Å². The number of fused-ring (bicyclic) bond motifs is 1. The van der Waals surface area contributed by atoms with Crippen molar-refractivity contribution in [2.45, 2.75) is 6.92 Å². The molecule has 0 bridgehead atoms. The van der Waals surface area contributed by atoms with Crippen molar-refractivity contribution in [1.82, 2.24) is 4.09 Å². The van der Waals surface area contributed by atoms with Crippen LogP contribution in [0.3, 0.4) is 0 Å². The van der Waals surface area contributed by atoms with Crippen LogP contribution in [0, 0.1) is 6.92 Å². The smallest absolute Gasteiger partial charge is 0.0660 e. The molecular formula is C15H12ClN. The van der Waals surface area contributed by atoms with Crippen LogP contribution >= 0.6 is 11.8 Å². The zero-order valence-corrected chi connectivity index (χ0v) is 10.3. The minimum Gasteiger partial charge on any atom is -0.252 e. The molecule has 0 atom stereocenters. The fourth-order valence-corrected chi connectivity index (χ4v) is 2.34. The summed E-state index contributed by atoms with van der Waals surface area (Å²) in [5.74, 6) is 0. The fraction of sp³-hybridized carbons (Fsp3) is 0.0667. The van der Waals surface area contributed by atoms with Crippen LogP contribution in [0.5, 0.6) is 0 Å². The van der Waals surface area contributed by atoms with Crippen LogP contribution in [-0.2, 0) is 0 Å². The lowest BCUT2D eigenvalue weighted by molar-refractivity contribution is 1.32. The molecule has 0 saturated heterocycles. The molecule has 0 saturated carbocycles. The zero-order valence-electron chi connectivity index (χ0n) is 9.52. The van der Waals surface area contributed by atoms with Crippen LogP contribution in [0.25, 0.3) is 22.2 Å². The van der Waals surface area contributed by atoms with Crippen LogP contribution in [-0.4, -0.2) is 4.09 Å². The van der Waals surface area contributed by atoms with E-state index < -0.39 is 0 Å². The van der Waals surface area contributed by atoms with Gasteiger partial charge < -0.3 is 0 Å². The largest absolute Gasteiger partial charge is 0.252 e. The Hall–Kier alpha value is -1.73. The predicted octanol–water partition coefficient (Wildman–Crippen LogP) is 4.62. The first kappa shape index (κ1) is 10.4. The average molecular weight is 242 g/mol. The van der Waals surface area contributed by atoms with Gasteiger partial charge in [0.05, 0.1) is 11.2 Å². The Morgan fingerprint density at radius 2 is 1.65 bits per heavy atom. The quantitative estimate of drug-likeness (QED) is 0.586. The van der Waals surface area contributed by atoms with E-state index in [2.05, 4.69) is 43.3 Å². The third kappa shape index (κ3) is 1.73. The molecule has 0 N–H and O–H groups in total. The number of aryl methyl sites for hydroxylation is 1. The number of nitrogens with zero attached hydrogens (tertiary/aromatic N) is 1. The number of hydrogen-bond donors (Lipinski definition) is 0. The van der Waals surface area contributed by atoms with Gasteiger partial charge in [0.15, 0.2) is 0 Å². The van der Waals surface area contributed by atoms with E-state index in [-0.39, 0.29) is 0 Å². The molecule has 3 rings (SSSR count). The minimum atomic E-state index is 1.04. The lowest BCUT2D eigenvalue weighted by Crippen LogP contribution is -1.84. The summed E-state index contributed by atoms with van der Waals surface area (Å²) < 4.78 is 1.72. The molecule has 1 nitrogen and oxygen atoms in total. The van der Waals surface area contributed by atoms with Crippen molar-refractivity contribution in [1.29, 1.82) is 0 Å². The monoisotopic (exact) mass is 241 g/mol. The van der Waals surface area contributed by atoms with E-state index in [0.717, 1.165) is 22.2 Å². The summed E-state index contributed by atoms with van der Waals surface area (Å²) in [6.45, 7) is 2.08. The number of aromatic nitrogens is 1. The number of hydrogen-bond acceptors (Lipinski definition) is 0. The van der Waals surface area contributed by atoms with Crippen LogP contribution in [0.4, 0.5) is 0 Å². The number of rotatable bonds is 1. The molecule has 1 heterocycles. The standard InChI is InChI=1S/C15H12ClN/c1-11-6-8-12(9-7-11)15-10-13-4-2-3-5-14(13)17(15)16/h2-10H,1H3. The molecule has 0 amide bonds. The van der Waals surface area contributed by atoms with E-state index in [1.165, 1.54) is 5.56 Å². The molecule has 0 radical (unpaired) electrons. The Morgan fingerprint density at radius 1 is 0.941 bits per heavy atom. The maximum atomic E-state index is 6.35. The third-order valence-corrected chi connectivity index (χ3v) is 3.36. The molecule has 0 spiro atoms. The summed E-state index contributed by atoms with van der Waals surface area (Å²) in [5, 5.41) is 1.16. The van der Waals surface area contributed by atoms with Gasteiger partial charge in [0, 0.05) is 17.2 Å². The fourth-order valence-electron chi connectivity index (χ4n) is 2.04. The second-order valence-corrected chi connectivity index (χ2v) is 4.57. The maximum absolute atomic E-state index is 6.35. The number of para-hydroxylation sites is 1. The Balaban J connectivity index is 2.24. The third-order valence-electron chi connectivity index (χ3n) is 3.00. The van der Waals surface area contributed by atoms with E-state index in [9.17, 15) is 0 Å². The van der Waals surface area contributed by atoms with Gasteiger partial charge in [-0.1, -0.05) is 48.0 Å². The van der Waals surface area contributed by atoms with E-state index in [0.29, 0.717) is 0 Å². The SMILES string of the molecule is Cc1ccc(-c2cc3ccccc3n2Cl)cc1. The number of halogens is 1. The summed E-state index contributed by atoms with van der Waals surface area (Å²) in [4.78, 5) is 0. The first-order valence-electron chi connectivity index (χ1n) is 5.59. The molecule has 3 aromatic rings. The Morgan fingerprint density at radius 3 is 2.35 bits per heavy atom. The van der Waals surface area contributed by atoms with E-state index in [4.69, 9.17) is 11.8 Å². The van der Waals surface area contributed by atoms with Gasteiger partial charge in [-0.2, -0.15) is 0 Å². The predicted molar refractivity (Wildman–Crippen MR) is 73.4 cm³/mol. The van der Waals surface area contributed by atoms with Crippen molar-refractivity contribution in [3.05, 3.63) is 60.2 Å². The second-order valence-electron chi connectivity index (χ2n) is 4.24. The van der Waals surface area contributed by atoms with Gasteiger partial charge in [-0.3, -0.25) is 4.09 Å². The normalized spacial score (nSPS) is 10.9. The maximum Gasteiger partial charge on any atom is 0.0660 e. The highest BCUT2D eigenvalue weighted by molar-refractivity contribution is 6.21. The second kappa shape index (κ2) is 3.94. The molecule has 2 heteroatoms. The van der Waals surface area contributed by atoms with Crippen LogP contribution in [0.15, 0.2) is 54.6 Å². The van der Waals surface area contributed by atoms with Gasteiger partial charge in [-0.05, 0) is 24.6 Å². The Labute approximate surface area is 105 Å². The van der Waals surface area contributed by atoms with Gasteiger partial charge >= 0.3 is 0 Å². The summed E-state index contributed by atoms with van der Waals surface area (Å²) in [5.41, 5.74) is 4.48. The van der Waals surface area contributed by atoms with Crippen LogP contribution < -0.4 is 0 Å². The Kier molecular flexibility index (Phi) is 2.41. The van der Waals surface area contributed by atoms with Crippen molar-refractivity contribution >= 4 is 22.7 Å². The summed E-state index contributed by atoms with van der Waals surface area (Å²) in [7, 11) is 0. The highest BCUT2D eigenvalue weighted by Crippen LogP contribution is 2.29. The molecule has 2 aromatic carbocycles. The number of benzene rings is 2. The van der Waals surface area contributed by atoms with Crippen molar-refractivity contribution in [3.8, 4) is 11.3 Å². The van der Waals surface area contributed by atoms with Gasteiger partial charge in [0.25, 0.3) is 0 Å². The van der Waals surface area contributed by atoms with Gasteiger partial charge in [0.1, 0.15) is 0 Å². The topological polar surface area (TPSA) is 4.93 Å². The van der Waals surface area contributed by atoms with E-state index >= 15 is 0 Å². The summed E-state index contributed by atoms with van der Waals surface area (Å²) in [6.07, 6.45) is 0. The minimum absolute atomic E-state index is 1.04. The van der Waals surface area contributed by atoms with Crippen LogP contribution in [0.1, 0.15) is 5.56 Å². The molecule has 1 aromatic heterocycles. The Bertz CT molecular complexity index is 665. The van der Waals surface area contributed by atoms with Crippen LogP contribution in [0.2, 0.25) is 0 Å². The first-order valence-corrected chi connectivity index (χ1v) is 5.93. The van der Waals surface area contributed by atoms with E-state index in [1.807, 2.05) is 18.2 Å². The van der Waals surface area contributed by atoms with Gasteiger partial charge in [-0.25, -0.2) is 0 Å². The highest BCUT2D eigenvalue weighted by Gasteiger charge is 2.08. The lowest BCUT2D eigenvalue weighted by atomic mass is 10.1. The van der Waals surface area contributed by atoms with Crippen molar-refractivity contribution in [3.63, 3.8) is 0 Å². The van der Waals surface area contributed by atoms with Gasteiger partial charge in [0.2, 0.25) is 0 Å². The first-order chi connectivity index (χ1) is 8.25. The average Bonchev–Trinajstić information content (AvgIpc) is 2.69.